The van der Waals surface area contributed by atoms with Gasteiger partial charge in [0.05, 0.1) is 4.90 Å². The van der Waals surface area contributed by atoms with Crippen LogP contribution in [-0.2, 0) is 10.0 Å². The Morgan fingerprint density at radius 1 is 1.42 bits per heavy atom. The Morgan fingerprint density at radius 2 is 2.11 bits per heavy atom. The maximum Gasteiger partial charge on any atom is 0.240 e. The fraction of sp³-hybridized carbons (Fsp3) is 0.538. The van der Waals surface area contributed by atoms with Crippen molar-refractivity contribution in [3.05, 3.63) is 29.6 Å². The molecule has 0 aliphatic heterocycles. The molecule has 0 bridgehead atoms. The molecular weight excluding hydrogens is 267 g/mol. The van der Waals surface area contributed by atoms with Crippen LogP contribution in [0, 0.1) is 18.7 Å². The highest BCUT2D eigenvalue weighted by Gasteiger charge is 2.16. The average molecular weight is 288 g/mol. The Morgan fingerprint density at radius 3 is 2.74 bits per heavy atom. The Bertz CT molecular complexity index is 517. The third kappa shape index (κ3) is 4.89. The maximum atomic E-state index is 13.1. The summed E-state index contributed by atoms with van der Waals surface area (Å²) in [5.74, 6) is -0.178. The lowest BCUT2D eigenvalue weighted by atomic mass is 10.1. The quantitative estimate of drug-likeness (QED) is 0.751. The molecule has 4 nitrogen and oxygen atoms in total. The van der Waals surface area contributed by atoms with Gasteiger partial charge in [-0.1, -0.05) is 13.0 Å². The van der Waals surface area contributed by atoms with Crippen molar-refractivity contribution in [1.29, 1.82) is 0 Å². The van der Waals surface area contributed by atoms with Crippen molar-refractivity contribution in [1.82, 2.24) is 4.72 Å². The summed E-state index contributed by atoms with van der Waals surface area (Å²) in [5.41, 5.74) is 6.02. The molecule has 108 valence electrons. The van der Waals surface area contributed by atoms with E-state index >= 15 is 0 Å². The zero-order valence-corrected chi connectivity index (χ0v) is 12.1. The van der Waals surface area contributed by atoms with Crippen molar-refractivity contribution in [2.24, 2.45) is 11.7 Å². The topological polar surface area (TPSA) is 72.2 Å². The second kappa shape index (κ2) is 6.98. The fourth-order valence-electron chi connectivity index (χ4n) is 1.72. The van der Waals surface area contributed by atoms with Crippen molar-refractivity contribution in [3.8, 4) is 0 Å². The molecule has 1 rings (SSSR count). The zero-order chi connectivity index (χ0) is 14.5. The molecule has 0 spiro atoms. The lowest BCUT2D eigenvalue weighted by Gasteiger charge is -2.11. The molecule has 0 amide bonds. The van der Waals surface area contributed by atoms with Gasteiger partial charge in [-0.05, 0) is 49.9 Å². The van der Waals surface area contributed by atoms with E-state index in [0.717, 1.165) is 12.5 Å². The molecule has 1 aromatic carbocycles. The van der Waals surface area contributed by atoms with Crippen LogP contribution in [0.3, 0.4) is 0 Å². The predicted octanol–water partition coefficient (Wildman–Crippen LogP) is 1.79. The first-order valence-electron chi connectivity index (χ1n) is 6.32. The summed E-state index contributed by atoms with van der Waals surface area (Å²) >= 11 is 0. The van der Waals surface area contributed by atoms with Gasteiger partial charge in [-0.2, -0.15) is 0 Å². The van der Waals surface area contributed by atoms with E-state index in [9.17, 15) is 12.8 Å². The summed E-state index contributed by atoms with van der Waals surface area (Å²) in [5, 5.41) is 0. The van der Waals surface area contributed by atoms with Crippen molar-refractivity contribution < 1.29 is 12.8 Å². The second-order valence-electron chi connectivity index (χ2n) is 4.79. The molecule has 0 aliphatic carbocycles. The van der Waals surface area contributed by atoms with Crippen LogP contribution in [-0.4, -0.2) is 21.5 Å². The average Bonchev–Trinajstić information content (AvgIpc) is 2.37. The maximum absolute atomic E-state index is 13.1. The summed E-state index contributed by atoms with van der Waals surface area (Å²) in [6.45, 7) is 4.59. The Kier molecular flexibility index (Phi) is 5.90. The monoisotopic (exact) mass is 288 g/mol. The highest BCUT2D eigenvalue weighted by molar-refractivity contribution is 7.89. The molecule has 0 saturated carbocycles. The van der Waals surface area contributed by atoms with E-state index in [-0.39, 0.29) is 4.90 Å². The molecule has 0 radical (unpaired) electrons. The molecule has 1 atom stereocenters. The second-order valence-corrected chi connectivity index (χ2v) is 6.53. The van der Waals surface area contributed by atoms with Gasteiger partial charge in [-0.3, -0.25) is 0 Å². The lowest BCUT2D eigenvalue weighted by molar-refractivity contribution is 0.513. The number of aryl methyl sites for hydroxylation is 1. The molecule has 19 heavy (non-hydrogen) atoms. The number of rotatable bonds is 7. The SMILES string of the molecule is Cc1ccc(F)cc1S(=O)(=O)NCCCC(C)CN. The van der Waals surface area contributed by atoms with Gasteiger partial charge in [0.2, 0.25) is 10.0 Å². The number of nitrogens with one attached hydrogen (secondary N) is 1. The van der Waals surface area contributed by atoms with Crippen LogP contribution in [0.2, 0.25) is 0 Å². The first-order valence-corrected chi connectivity index (χ1v) is 7.81. The van der Waals surface area contributed by atoms with Crippen molar-refractivity contribution >= 4 is 10.0 Å². The molecule has 0 aliphatic rings. The predicted molar refractivity (Wildman–Crippen MR) is 73.8 cm³/mol. The smallest absolute Gasteiger partial charge is 0.240 e. The molecule has 1 unspecified atom stereocenters. The van der Waals surface area contributed by atoms with Gasteiger partial charge >= 0.3 is 0 Å². The number of nitrogens with two attached hydrogens (primary N) is 1. The van der Waals surface area contributed by atoms with E-state index < -0.39 is 15.8 Å². The normalized spacial score (nSPS) is 13.5. The largest absolute Gasteiger partial charge is 0.330 e. The third-order valence-corrected chi connectivity index (χ3v) is 4.61. The van der Waals surface area contributed by atoms with E-state index in [1.807, 2.05) is 6.92 Å². The standard InChI is InChI=1S/C13H21FN2O2S/c1-10(9-15)4-3-7-16-19(17,18)13-8-12(14)6-5-11(13)2/h5-6,8,10,16H,3-4,7,9,15H2,1-2H3. The summed E-state index contributed by atoms with van der Waals surface area (Å²) in [7, 11) is -3.64. The number of sulfonamides is 1. The molecule has 0 aromatic heterocycles. The van der Waals surface area contributed by atoms with Crippen molar-refractivity contribution in [2.75, 3.05) is 13.1 Å². The fourth-order valence-corrected chi connectivity index (χ4v) is 3.04. The van der Waals surface area contributed by atoms with Crippen molar-refractivity contribution in [3.63, 3.8) is 0 Å². The van der Waals surface area contributed by atoms with Gasteiger partial charge in [0.25, 0.3) is 0 Å². The van der Waals surface area contributed by atoms with Crippen LogP contribution in [0.25, 0.3) is 0 Å². The van der Waals surface area contributed by atoms with Gasteiger partial charge in [0.1, 0.15) is 5.82 Å². The minimum Gasteiger partial charge on any atom is -0.330 e. The summed E-state index contributed by atoms with van der Waals surface area (Å²) in [4.78, 5) is -0.000580. The van der Waals surface area contributed by atoms with Gasteiger partial charge < -0.3 is 5.73 Å². The highest BCUT2D eigenvalue weighted by Crippen LogP contribution is 2.16. The lowest BCUT2D eigenvalue weighted by Crippen LogP contribution is -2.26. The van der Waals surface area contributed by atoms with E-state index in [1.54, 1.807) is 6.92 Å². The van der Waals surface area contributed by atoms with Crippen LogP contribution in [0.1, 0.15) is 25.3 Å². The Labute approximate surface area is 114 Å². The first kappa shape index (κ1) is 16.1. The number of hydrogen-bond acceptors (Lipinski definition) is 3. The highest BCUT2D eigenvalue weighted by atomic mass is 32.2. The van der Waals surface area contributed by atoms with Gasteiger partial charge in [0, 0.05) is 6.54 Å². The van der Waals surface area contributed by atoms with Gasteiger partial charge in [0.15, 0.2) is 0 Å². The number of hydrogen-bond donors (Lipinski definition) is 2. The minimum absolute atomic E-state index is 0.000580. The van der Waals surface area contributed by atoms with Crippen LogP contribution in [0.5, 0.6) is 0 Å². The van der Waals surface area contributed by atoms with Crippen LogP contribution in [0.4, 0.5) is 4.39 Å². The molecule has 3 N–H and O–H groups in total. The molecule has 0 heterocycles. The van der Waals surface area contributed by atoms with Crippen LogP contribution in [0.15, 0.2) is 23.1 Å². The van der Waals surface area contributed by atoms with Crippen molar-refractivity contribution in [2.45, 2.75) is 31.6 Å². The number of benzene rings is 1. The zero-order valence-electron chi connectivity index (χ0n) is 11.3. The number of halogens is 1. The third-order valence-electron chi connectivity index (χ3n) is 3.01. The van der Waals surface area contributed by atoms with E-state index in [0.29, 0.717) is 31.0 Å². The van der Waals surface area contributed by atoms with Crippen LogP contribution < -0.4 is 10.5 Å². The van der Waals surface area contributed by atoms with E-state index in [2.05, 4.69) is 4.72 Å². The van der Waals surface area contributed by atoms with Gasteiger partial charge in [-0.25, -0.2) is 17.5 Å². The first-order chi connectivity index (χ1) is 8.86. The summed E-state index contributed by atoms with van der Waals surface area (Å²) < 4.78 is 39.6. The molecule has 6 heteroatoms. The molecule has 0 fully saturated rings. The van der Waals surface area contributed by atoms with E-state index in [4.69, 9.17) is 5.73 Å². The Balaban J connectivity index is 2.64. The summed E-state index contributed by atoms with van der Waals surface area (Å²) in [6, 6.07) is 3.75. The summed E-state index contributed by atoms with van der Waals surface area (Å²) in [6.07, 6.45) is 1.58. The Hall–Kier alpha value is -0.980. The van der Waals surface area contributed by atoms with E-state index in [1.165, 1.54) is 12.1 Å². The van der Waals surface area contributed by atoms with Crippen LogP contribution >= 0.6 is 0 Å². The molecule has 1 aromatic rings. The minimum atomic E-state index is -3.64. The molecular formula is C13H21FN2O2S. The van der Waals surface area contributed by atoms with Gasteiger partial charge in [-0.15, -0.1) is 0 Å². The molecule has 0 saturated heterocycles.